The molecule has 0 radical (unpaired) electrons. The Labute approximate surface area is 101 Å². The zero-order valence-corrected chi connectivity index (χ0v) is 9.76. The minimum atomic E-state index is -1.57. The molecule has 1 atom stereocenters. The molecule has 1 aromatic carbocycles. The molecular formula is C11H17BN2O3. The van der Waals surface area contributed by atoms with Gasteiger partial charge >= 0.3 is 7.12 Å². The molecule has 0 unspecified atom stereocenters. The molecule has 92 valence electrons. The third-order valence-electron chi connectivity index (χ3n) is 2.34. The highest BCUT2D eigenvalue weighted by atomic mass is 16.4. The Hall–Kier alpha value is -1.37. The third kappa shape index (κ3) is 4.99. The van der Waals surface area contributed by atoms with Gasteiger partial charge in [0.15, 0.2) is 0 Å². The van der Waals surface area contributed by atoms with Crippen LogP contribution in [0.2, 0.25) is 0 Å². The standard InChI is InChI=1S/C11H17BN2O3/c1-13-8-11(15)14-10(12(16)17)7-9-5-3-2-4-6-9/h2-6,10,13,16-17H,7-8H2,1H3,(H,14,15)/t10-/m0/s1. The van der Waals surface area contributed by atoms with Crippen molar-refractivity contribution < 1.29 is 14.8 Å². The molecule has 0 aromatic heterocycles. The molecule has 1 rings (SSSR count). The van der Waals surface area contributed by atoms with Gasteiger partial charge in [-0.1, -0.05) is 30.3 Å². The molecule has 5 nitrogen and oxygen atoms in total. The van der Waals surface area contributed by atoms with Crippen molar-refractivity contribution in [2.45, 2.75) is 12.4 Å². The Morgan fingerprint density at radius 2 is 2.00 bits per heavy atom. The van der Waals surface area contributed by atoms with Crippen LogP contribution in [0.25, 0.3) is 0 Å². The maximum absolute atomic E-state index is 11.4. The molecule has 4 N–H and O–H groups in total. The number of carbonyl (C=O) groups is 1. The second-order valence-corrected chi connectivity index (χ2v) is 3.81. The molecule has 0 fully saturated rings. The van der Waals surface area contributed by atoms with Crippen LogP contribution in [0.3, 0.4) is 0 Å². The summed E-state index contributed by atoms with van der Waals surface area (Å²) >= 11 is 0. The van der Waals surface area contributed by atoms with E-state index < -0.39 is 13.1 Å². The Morgan fingerprint density at radius 3 is 2.53 bits per heavy atom. The van der Waals surface area contributed by atoms with Gasteiger partial charge in [0.25, 0.3) is 0 Å². The molecule has 0 aliphatic heterocycles. The van der Waals surface area contributed by atoms with E-state index in [0.29, 0.717) is 6.42 Å². The second-order valence-electron chi connectivity index (χ2n) is 3.81. The first-order valence-electron chi connectivity index (χ1n) is 5.47. The number of likely N-dealkylation sites (N-methyl/N-ethyl adjacent to an activating group) is 1. The lowest BCUT2D eigenvalue weighted by Gasteiger charge is -2.17. The van der Waals surface area contributed by atoms with E-state index in [2.05, 4.69) is 10.6 Å². The van der Waals surface area contributed by atoms with Crippen LogP contribution in [0, 0.1) is 0 Å². The number of benzene rings is 1. The van der Waals surface area contributed by atoms with Gasteiger partial charge in [-0.2, -0.15) is 0 Å². The molecule has 1 amide bonds. The Kier molecular flexibility index (Phi) is 5.69. The van der Waals surface area contributed by atoms with Crippen LogP contribution >= 0.6 is 0 Å². The fraction of sp³-hybridized carbons (Fsp3) is 0.364. The van der Waals surface area contributed by atoms with Gasteiger partial charge in [0, 0.05) is 0 Å². The summed E-state index contributed by atoms with van der Waals surface area (Å²) in [7, 11) is 0.0808. The van der Waals surface area contributed by atoms with Gasteiger partial charge in [0.05, 0.1) is 12.5 Å². The van der Waals surface area contributed by atoms with Crippen molar-refractivity contribution in [3.8, 4) is 0 Å². The van der Waals surface area contributed by atoms with Crippen LogP contribution in [0.15, 0.2) is 30.3 Å². The molecule has 17 heavy (non-hydrogen) atoms. The van der Waals surface area contributed by atoms with E-state index in [9.17, 15) is 14.8 Å². The number of rotatable bonds is 6. The van der Waals surface area contributed by atoms with Crippen LogP contribution in [0.1, 0.15) is 5.56 Å². The molecule has 1 aromatic rings. The molecule has 0 spiro atoms. The van der Waals surface area contributed by atoms with Crippen molar-refractivity contribution in [3.63, 3.8) is 0 Å². The minimum absolute atomic E-state index is 0.151. The summed E-state index contributed by atoms with van der Waals surface area (Å²) in [5.74, 6) is -0.959. The summed E-state index contributed by atoms with van der Waals surface area (Å²) in [6.07, 6.45) is 0.383. The van der Waals surface area contributed by atoms with E-state index >= 15 is 0 Å². The van der Waals surface area contributed by atoms with Crippen molar-refractivity contribution in [1.29, 1.82) is 0 Å². The SMILES string of the molecule is CNCC(=O)N[C@@H](Cc1ccccc1)B(O)O. The normalized spacial score (nSPS) is 11.9. The maximum atomic E-state index is 11.4. The summed E-state index contributed by atoms with van der Waals surface area (Å²) in [5, 5.41) is 23.7. The van der Waals surface area contributed by atoms with E-state index in [4.69, 9.17) is 0 Å². The van der Waals surface area contributed by atoms with Crippen molar-refractivity contribution in [3.05, 3.63) is 35.9 Å². The number of hydrogen-bond acceptors (Lipinski definition) is 4. The van der Waals surface area contributed by atoms with Crippen LogP contribution in [0.5, 0.6) is 0 Å². The topological polar surface area (TPSA) is 81.6 Å². The minimum Gasteiger partial charge on any atom is -0.426 e. The monoisotopic (exact) mass is 236 g/mol. The zero-order chi connectivity index (χ0) is 12.7. The van der Waals surface area contributed by atoms with Crippen molar-refractivity contribution in [1.82, 2.24) is 10.6 Å². The Balaban J connectivity index is 2.58. The molecule has 0 saturated heterocycles. The van der Waals surface area contributed by atoms with Crippen LogP contribution in [-0.4, -0.2) is 42.6 Å². The predicted octanol–water partition coefficient (Wildman–Crippen LogP) is -1.05. The number of nitrogens with one attached hydrogen (secondary N) is 2. The molecular weight excluding hydrogens is 219 g/mol. The van der Waals surface area contributed by atoms with E-state index in [0.717, 1.165) is 5.56 Å². The van der Waals surface area contributed by atoms with Gasteiger partial charge in [-0.15, -0.1) is 0 Å². The van der Waals surface area contributed by atoms with Gasteiger partial charge < -0.3 is 20.7 Å². The smallest absolute Gasteiger partial charge is 0.426 e. The lowest BCUT2D eigenvalue weighted by atomic mass is 9.76. The van der Waals surface area contributed by atoms with Crippen molar-refractivity contribution >= 4 is 13.0 Å². The summed E-state index contributed by atoms with van der Waals surface area (Å²) in [4.78, 5) is 11.4. The van der Waals surface area contributed by atoms with E-state index in [1.807, 2.05) is 30.3 Å². The average molecular weight is 236 g/mol. The number of hydrogen-bond donors (Lipinski definition) is 4. The van der Waals surface area contributed by atoms with Gasteiger partial charge in [-0.25, -0.2) is 0 Å². The van der Waals surface area contributed by atoms with Gasteiger partial charge in [-0.05, 0) is 19.0 Å². The number of carbonyl (C=O) groups excluding carboxylic acids is 1. The lowest BCUT2D eigenvalue weighted by molar-refractivity contribution is -0.120. The molecule has 0 bridgehead atoms. The quantitative estimate of drug-likeness (QED) is 0.475. The highest BCUT2D eigenvalue weighted by Gasteiger charge is 2.25. The summed E-state index contributed by atoms with van der Waals surface area (Å²) < 4.78 is 0. The fourth-order valence-electron chi connectivity index (χ4n) is 1.52. The summed E-state index contributed by atoms with van der Waals surface area (Å²) in [6, 6.07) is 9.36. The maximum Gasteiger partial charge on any atom is 0.475 e. The van der Waals surface area contributed by atoms with Crippen LogP contribution in [0.4, 0.5) is 0 Å². The van der Waals surface area contributed by atoms with Crippen LogP contribution in [-0.2, 0) is 11.2 Å². The van der Waals surface area contributed by atoms with Gasteiger partial charge in [0.2, 0.25) is 5.91 Å². The first kappa shape index (κ1) is 13.7. The zero-order valence-electron chi connectivity index (χ0n) is 9.76. The fourth-order valence-corrected chi connectivity index (χ4v) is 1.52. The highest BCUT2D eigenvalue weighted by Crippen LogP contribution is 2.03. The van der Waals surface area contributed by atoms with Gasteiger partial charge in [0.1, 0.15) is 0 Å². The summed E-state index contributed by atoms with van der Waals surface area (Å²) in [5.41, 5.74) is 0.940. The van der Waals surface area contributed by atoms with E-state index in [1.165, 1.54) is 0 Å². The van der Waals surface area contributed by atoms with Crippen molar-refractivity contribution in [2.75, 3.05) is 13.6 Å². The Morgan fingerprint density at radius 1 is 1.35 bits per heavy atom. The first-order chi connectivity index (χ1) is 8.13. The first-order valence-corrected chi connectivity index (χ1v) is 5.47. The van der Waals surface area contributed by atoms with E-state index in [-0.39, 0.29) is 12.5 Å². The Bertz CT molecular complexity index is 346. The molecule has 0 heterocycles. The lowest BCUT2D eigenvalue weighted by Crippen LogP contribution is -2.49. The number of amides is 1. The molecule has 0 aliphatic carbocycles. The van der Waals surface area contributed by atoms with Gasteiger partial charge in [-0.3, -0.25) is 4.79 Å². The largest absolute Gasteiger partial charge is 0.475 e. The second kappa shape index (κ2) is 7.06. The highest BCUT2D eigenvalue weighted by molar-refractivity contribution is 6.43. The van der Waals surface area contributed by atoms with E-state index in [1.54, 1.807) is 7.05 Å². The summed E-state index contributed by atoms with van der Waals surface area (Å²) in [6.45, 7) is 0.151. The third-order valence-corrected chi connectivity index (χ3v) is 2.34. The molecule has 0 saturated carbocycles. The molecule has 0 aliphatic rings. The molecule has 6 heteroatoms. The van der Waals surface area contributed by atoms with Crippen LogP contribution < -0.4 is 10.6 Å². The van der Waals surface area contributed by atoms with Crippen molar-refractivity contribution in [2.24, 2.45) is 0 Å². The predicted molar refractivity (Wildman–Crippen MR) is 66.2 cm³/mol. The average Bonchev–Trinajstić information content (AvgIpc) is 2.29.